The number of aliphatic carboxylic acids is 1. The van der Waals surface area contributed by atoms with Crippen molar-refractivity contribution in [1.29, 1.82) is 0 Å². The molecule has 7 nitrogen and oxygen atoms in total. The summed E-state index contributed by atoms with van der Waals surface area (Å²) in [4.78, 5) is 25.6. The van der Waals surface area contributed by atoms with Crippen molar-refractivity contribution in [2.75, 3.05) is 6.54 Å². The molecule has 1 atom stereocenters. The minimum absolute atomic E-state index is 0.125. The molecule has 25 heavy (non-hydrogen) atoms. The van der Waals surface area contributed by atoms with Crippen molar-refractivity contribution >= 4 is 12.1 Å². The zero-order valence-electron chi connectivity index (χ0n) is 15.8. The summed E-state index contributed by atoms with van der Waals surface area (Å²) in [7, 11) is 0. The molecule has 140 valence electrons. The van der Waals surface area contributed by atoms with E-state index in [9.17, 15) is 9.59 Å². The number of aromatic nitrogens is 2. The number of carboxylic acids is 1. The molecule has 1 amide bonds. The molecule has 0 unspecified atom stereocenters. The van der Waals surface area contributed by atoms with Gasteiger partial charge in [0, 0.05) is 17.8 Å². The highest BCUT2D eigenvalue weighted by Crippen LogP contribution is 2.35. The number of ether oxygens (including phenoxy) is 1. The molecule has 2 heterocycles. The first-order chi connectivity index (χ1) is 11.6. The molecule has 1 aliphatic rings. The van der Waals surface area contributed by atoms with Crippen molar-refractivity contribution in [1.82, 2.24) is 14.7 Å². The number of hydrogen-bond donors (Lipinski definition) is 1. The van der Waals surface area contributed by atoms with Crippen LogP contribution in [-0.4, -0.2) is 44.0 Å². The van der Waals surface area contributed by atoms with Crippen molar-refractivity contribution in [3.8, 4) is 0 Å². The minimum atomic E-state index is -0.929. The van der Waals surface area contributed by atoms with E-state index in [1.807, 2.05) is 34.6 Å². The van der Waals surface area contributed by atoms with Gasteiger partial charge >= 0.3 is 12.1 Å². The molecule has 0 spiro atoms. The van der Waals surface area contributed by atoms with Crippen molar-refractivity contribution < 1.29 is 19.4 Å². The molecule has 0 aliphatic carbocycles. The molecule has 0 saturated carbocycles. The Hall–Kier alpha value is -2.05. The van der Waals surface area contributed by atoms with Gasteiger partial charge in [0.2, 0.25) is 0 Å². The lowest BCUT2D eigenvalue weighted by atomic mass is 9.99. The average Bonchev–Trinajstić information content (AvgIpc) is 2.65. The Balaban J connectivity index is 2.37. The number of nitrogens with zero attached hydrogens (tertiary/aromatic N) is 3. The predicted molar refractivity (Wildman–Crippen MR) is 93.5 cm³/mol. The van der Waals surface area contributed by atoms with Gasteiger partial charge in [0.05, 0.1) is 11.7 Å². The quantitative estimate of drug-likeness (QED) is 0.902. The third kappa shape index (κ3) is 4.74. The van der Waals surface area contributed by atoms with Crippen molar-refractivity contribution in [3.05, 3.63) is 17.0 Å². The van der Waals surface area contributed by atoms with Gasteiger partial charge in [-0.2, -0.15) is 5.10 Å². The van der Waals surface area contributed by atoms with Crippen LogP contribution in [0.15, 0.2) is 0 Å². The standard InChI is InChI=1S/C18H29N3O4/c1-12-16(13(2)21(19-12)11-15(22)23)14-9-7-6-8-10-20(14)17(24)25-18(3,4)5/h14H,6-11H2,1-5H3,(H,22,23)/t14-/m0/s1. The molecule has 7 heteroatoms. The normalized spacial score (nSPS) is 18.8. The molecule has 0 bridgehead atoms. The summed E-state index contributed by atoms with van der Waals surface area (Å²) >= 11 is 0. The molecule has 1 aliphatic heterocycles. The second kappa shape index (κ2) is 7.45. The molecule has 0 radical (unpaired) electrons. The first-order valence-corrected chi connectivity index (χ1v) is 8.85. The highest BCUT2D eigenvalue weighted by Gasteiger charge is 2.33. The fourth-order valence-corrected chi connectivity index (χ4v) is 3.42. The molecular formula is C18H29N3O4. The lowest BCUT2D eigenvalue weighted by Crippen LogP contribution is -2.39. The Morgan fingerprint density at radius 2 is 1.92 bits per heavy atom. The zero-order valence-corrected chi connectivity index (χ0v) is 15.8. The Morgan fingerprint density at radius 3 is 2.52 bits per heavy atom. The predicted octanol–water partition coefficient (Wildman–Crippen LogP) is 3.44. The van der Waals surface area contributed by atoms with Gasteiger partial charge in [0.25, 0.3) is 0 Å². The monoisotopic (exact) mass is 351 g/mol. The van der Waals surface area contributed by atoms with E-state index >= 15 is 0 Å². The topological polar surface area (TPSA) is 84.7 Å². The van der Waals surface area contributed by atoms with E-state index in [2.05, 4.69) is 5.10 Å². The maximum atomic E-state index is 12.7. The Kier molecular flexibility index (Phi) is 5.75. The number of rotatable bonds is 3. The van der Waals surface area contributed by atoms with E-state index in [1.54, 1.807) is 4.90 Å². The summed E-state index contributed by atoms with van der Waals surface area (Å²) in [5.41, 5.74) is 1.99. The number of aryl methyl sites for hydroxylation is 1. The summed E-state index contributed by atoms with van der Waals surface area (Å²) in [5, 5.41) is 13.5. The third-order valence-electron chi connectivity index (χ3n) is 4.44. The minimum Gasteiger partial charge on any atom is -0.480 e. The first-order valence-electron chi connectivity index (χ1n) is 8.85. The number of carbonyl (C=O) groups excluding carboxylic acids is 1. The number of carbonyl (C=O) groups is 2. The average molecular weight is 351 g/mol. The van der Waals surface area contributed by atoms with Gasteiger partial charge in [-0.15, -0.1) is 0 Å². The van der Waals surface area contributed by atoms with E-state index < -0.39 is 11.6 Å². The van der Waals surface area contributed by atoms with Crippen LogP contribution in [0.25, 0.3) is 0 Å². The van der Waals surface area contributed by atoms with Crippen molar-refractivity contribution in [2.45, 2.75) is 78.5 Å². The third-order valence-corrected chi connectivity index (χ3v) is 4.44. The Labute approximate surface area is 148 Å². The summed E-state index contributed by atoms with van der Waals surface area (Å²) < 4.78 is 7.11. The first kappa shape index (κ1) is 19.3. The summed E-state index contributed by atoms with van der Waals surface area (Å²) in [6.45, 7) is 9.79. The molecule has 1 saturated heterocycles. The van der Waals surface area contributed by atoms with Gasteiger partial charge in [-0.25, -0.2) is 4.79 Å². The zero-order chi connectivity index (χ0) is 18.8. The molecule has 2 rings (SSSR count). The molecule has 1 aromatic heterocycles. The van der Waals surface area contributed by atoms with E-state index in [0.717, 1.165) is 42.6 Å². The Bertz CT molecular complexity index is 645. The van der Waals surface area contributed by atoms with Gasteiger partial charge in [0.15, 0.2) is 0 Å². The highest BCUT2D eigenvalue weighted by atomic mass is 16.6. The van der Waals surface area contributed by atoms with E-state index in [0.29, 0.717) is 6.54 Å². The molecule has 0 aromatic carbocycles. The van der Waals surface area contributed by atoms with E-state index in [-0.39, 0.29) is 18.7 Å². The molecule has 1 N–H and O–H groups in total. The van der Waals surface area contributed by atoms with E-state index in [1.165, 1.54) is 4.68 Å². The van der Waals surface area contributed by atoms with Crippen molar-refractivity contribution in [2.24, 2.45) is 0 Å². The van der Waals surface area contributed by atoms with Crippen molar-refractivity contribution in [3.63, 3.8) is 0 Å². The smallest absolute Gasteiger partial charge is 0.410 e. The largest absolute Gasteiger partial charge is 0.480 e. The van der Waals surface area contributed by atoms with Crippen LogP contribution in [0.3, 0.4) is 0 Å². The lowest BCUT2D eigenvalue weighted by Gasteiger charge is -2.32. The van der Waals surface area contributed by atoms with Gasteiger partial charge in [-0.05, 0) is 47.5 Å². The summed E-state index contributed by atoms with van der Waals surface area (Å²) in [6.07, 6.45) is 3.55. The number of likely N-dealkylation sites (tertiary alicyclic amines) is 1. The second-order valence-electron chi connectivity index (χ2n) is 7.67. The maximum absolute atomic E-state index is 12.7. The van der Waals surface area contributed by atoms with Crippen LogP contribution in [0.5, 0.6) is 0 Å². The van der Waals surface area contributed by atoms with Crippen LogP contribution in [-0.2, 0) is 16.1 Å². The van der Waals surface area contributed by atoms with Gasteiger partial charge in [0.1, 0.15) is 12.1 Å². The van der Waals surface area contributed by atoms with Gasteiger partial charge in [-0.3, -0.25) is 9.48 Å². The SMILES string of the molecule is Cc1nn(CC(=O)O)c(C)c1[C@@H]1CCCCCN1C(=O)OC(C)(C)C. The molecular weight excluding hydrogens is 322 g/mol. The van der Waals surface area contributed by atoms with Crippen LogP contribution < -0.4 is 0 Å². The molecule has 1 aromatic rings. The van der Waals surface area contributed by atoms with Crippen LogP contribution in [0.1, 0.15) is 69.4 Å². The lowest BCUT2D eigenvalue weighted by molar-refractivity contribution is -0.137. The maximum Gasteiger partial charge on any atom is 0.410 e. The van der Waals surface area contributed by atoms with E-state index in [4.69, 9.17) is 9.84 Å². The number of carboxylic acid groups (broad SMARTS) is 1. The Morgan fingerprint density at radius 1 is 1.24 bits per heavy atom. The van der Waals surface area contributed by atoms with Crippen LogP contribution in [0, 0.1) is 13.8 Å². The molecule has 1 fully saturated rings. The van der Waals surface area contributed by atoms with Crippen LogP contribution in [0.4, 0.5) is 4.79 Å². The fraction of sp³-hybridized carbons (Fsp3) is 0.722. The van der Waals surface area contributed by atoms with Gasteiger partial charge in [-0.1, -0.05) is 12.8 Å². The van der Waals surface area contributed by atoms with Crippen LogP contribution in [0.2, 0.25) is 0 Å². The van der Waals surface area contributed by atoms with Gasteiger partial charge < -0.3 is 14.7 Å². The second-order valence-corrected chi connectivity index (χ2v) is 7.67. The fourth-order valence-electron chi connectivity index (χ4n) is 3.42. The number of hydrogen-bond acceptors (Lipinski definition) is 4. The van der Waals surface area contributed by atoms with Crippen LogP contribution >= 0.6 is 0 Å². The highest BCUT2D eigenvalue weighted by molar-refractivity contribution is 5.69. The summed E-state index contributed by atoms with van der Waals surface area (Å²) in [6, 6.07) is -0.125. The summed E-state index contributed by atoms with van der Waals surface area (Å²) in [5.74, 6) is -0.929. The number of amides is 1.